The second kappa shape index (κ2) is 8.00. The number of rotatable bonds is 5. The summed E-state index contributed by atoms with van der Waals surface area (Å²) in [5.74, 6) is 0.754. The Kier molecular flexibility index (Phi) is 9.00. The molecule has 0 heterocycles. The lowest BCUT2D eigenvalue weighted by molar-refractivity contribution is 0.0958. The van der Waals surface area contributed by atoms with Crippen molar-refractivity contribution in [1.29, 1.82) is 0 Å². The topological polar surface area (TPSA) is 18.5 Å². The predicted molar refractivity (Wildman–Crippen MR) is 44.3 cm³/mol. The molecule has 0 saturated carbocycles. The van der Waals surface area contributed by atoms with Gasteiger partial charge in [-0.25, -0.2) is 0 Å². The van der Waals surface area contributed by atoms with Crippen molar-refractivity contribution in [3.05, 3.63) is 0 Å². The predicted octanol–water partition coefficient (Wildman–Crippen LogP) is 1.69. The number of halogens is 1. The molecular formula is C4H9IO2S. The molecule has 0 aromatic carbocycles. The van der Waals surface area contributed by atoms with Crippen molar-refractivity contribution >= 4 is 30.1 Å². The highest BCUT2D eigenvalue weighted by Crippen LogP contribution is 2.09. The van der Waals surface area contributed by atoms with Crippen LogP contribution < -0.4 is 0 Å². The van der Waals surface area contributed by atoms with Gasteiger partial charge < -0.3 is 9.47 Å². The molecule has 2 nitrogen and oxygen atoms in total. The third kappa shape index (κ3) is 7.00. The maximum atomic E-state index is 5.05. The monoisotopic (exact) mass is 248 g/mol. The lowest BCUT2D eigenvalue weighted by Gasteiger charge is -1.97. The summed E-state index contributed by atoms with van der Waals surface area (Å²) in [4.78, 5) is 0. The summed E-state index contributed by atoms with van der Waals surface area (Å²) in [5.41, 5.74) is 0. The Bertz CT molecular complexity index is 39.0. The lowest BCUT2D eigenvalue weighted by Crippen LogP contribution is -1.99. The summed E-state index contributed by atoms with van der Waals surface area (Å²) in [6.07, 6.45) is 0. The van der Waals surface area contributed by atoms with Crippen LogP contribution >= 0.6 is 30.1 Å². The SMILES string of the molecule is COCCOCSI. The molecule has 0 N–H and O–H groups in total. The third-order valence-corrected chi connectivity index (χ3v) is 1.58. The summed E-state index contributed by atoms with van der Waals surface area (Å²) in [6.45, 7) is 1.39. The summed E-state index contributed by atoms with van der Waals surface area (Å²) in [7, 11) is 3.31. The zero-order chi connectivity index (χ0) is 6.24. The van der Waals surface area contributed by atoms with Crippen LogP contribution in [0.4, 0.5) is 0 Å². The standard InChI is InChI=1S/C4H9IO2S/c1-6-2-3-7-4-8-5/h2-4H2,1H3. The highest BCUT2D eigenvalue weighted by molar-refractivity contribution is 14.2. The minimum absolute atomic E-state index is 0.692. The fraction of sp³-hybridized carbons (Fsp3) is 1.00. The summed E-state index contributed by atoms with van der Waals surface area (Å²) >= 11 is 2.19. The molecule has 0 aliphatic carbocycles. The van der Waals surface area contributed by atoms with Crippen LogP contribution in [0, 0.1) is 0 Å². The Morgan fingerprint density at radius 3 is 2.75 bits per heavy atom. The van der Waals surface area contributed by atoms with Crippen molar-refractivity contribution in [1.82, 2.24) is 0 Å². The second-order valence-electron chi connectivity index (χ2n) is 1.13. The smallest absolute Gasteiger partial charge is 0.102 e. The fourth-order valence-electron chi connectivity index (χ4n) is 0.233. The second-order valence-corrected chi connectivity index (χ2v) is 3.45. The highest BCUT2D eigenvalue weighted by Gasteiger charge is 1.82. The minimum Gasteiger partial charge on any atom is -0.382 e. The van der Waals surface area contributed by atoms with Crippen molar-refractivity contribution in [2.75, 3.05) is 26.3 Å². The zero-order valence-corrected chi connectivity index (χ0v) is 7.70. The first-order valence-corrected chi connectivity index (χ1v) is 5.75. The zero-order valence-electron chi connectivity index (χ0n) is 4.72. The molecule has 8 heavy (non-hydrogen) atoms. The number of hydrogen-bond donors (Lipinski definition) is 0. The van der Waals surface area contributed by atoms with Crippen molar-refractivity contribution in [3.63, 3.8) is 0 Å². The minimum atomic E-state index is 0.692. The van der Waals surface area contributed by atoms with Gasteiger partial charge in [0.15, 0.2) is 0 Å². The van der Waals surface area contributed by atoms with Crippen molar-refractivity contribution < 1.29 is 9.47 Å². The van der Waals surface area contributed by atoms with E-state index in [1.165, 1.54) is 0 Å². The van der Waals surface area contributed by atoms with E-state index in [1.807, 2.05) is 0 Å². The van der Waals surface area contributed by atoms with E-state index in [1.54, 1.807) is 16.0 Å². The van der Waals surface area contributed by atoms with Gasteiger partial charge in [0.1, 0.15) is 5.94 Å². The highest BCUT2D eigenvalue weighted by atomic mass is 127. The van der Waals surface area contributed by atoms with E-state index >= 15 is 0 Å². The van der Waals surface area contributed by atoms with Gasteiger partial charge in [0.25, 0.3) is 0 Å². The van der Waals surface area contributed by atoms with Crippen LogP contribution in [-0.2, 0) is 9.47 Å². The van der Waals surface area contributed by atoms with Crippen LogP contribution in [-0.4, -0.2) is 26.3 Å². The normalized spacial score (nSPS) is 9.75. The first kappa shape index (κ1) is 9.00. The van der Waals surface area contributed by atoms with E-state index in [0.717, 1.165) is 5.94 Å². The molecule has 0 radical (unpaired) electrons. The summed E-state index contributed by atoms with van der Waals surface area (Å²) in [5, 5.41) is 0. The van der Waals surface area contributed by atoms with Crippen LogP contribution in [0.25, 0.3) is 0 Å². The molecular weight excluding hydrogens is 239 g/mol. The van der Waals surface area contributed by atoms with Crippen LogP contribution in [0.5, 0.6) is 0 Å². The number of hydrogen-bond acceptors (Lipinski definition) is 3. The van der Waals surface area contributed by atoms with Gasteiger partial charge >= 0.3 is 0 Å². The van der Waals surface area contributed by atoms with Gasteiger partial charge in [-0.3, -0.25) is 0 Å². The van der Waals surface area contributed by atoms with E-state index in [9.17, 15) is 0 Å². The Balaban J connectivity index is 2.53. The molecule has 0 bridgehead atoms. The Morgan fingerprint density at radius 1 is 1.50 bits per heavy atom. The van der Waals surface area contributed by atoms with Crippen molar-refractivity contribution in [2.24, 2.45) is 0 Å². The van der Waals surface area contributed by atoms with E-state index in [0.29, 0.717) is 13.2 Å². The van der Waals surface area contributed by atoms with Gasteiger partial charge in [-0.1, -0.05) is 8.93 Å². The number of ether oxygens (including phenoxy) is 2. The molecule has 4 heteroatoms. The molecule has 0 unspecified atom stereocenters. The largest absolute Gasteiger partial charge is 0.382 e. The first-order valence-electron chi connectivity index (χ1n) is 2.22. The lowest BCUT2D eigenvalue weighted by atomic mass is 10.8. The molecule has 0 saturated heterocycles. The van der Waals surface area contributed by atoms with Crippen molar-refractivity contribution in [3.8, 4) is 0 Å². The van der Waals surface area contributed by atoms with Crippen molar-refractivity contribution in [2.45, 2.75) is 0 Å². The van der Waals surface area contributed by atoms with Gasteiger partial charge in [-0.2, -0.15) is 0 Å². The maximum Gasteiger partial charge on any atom is 0.102 e. The van der Waals surface area contributed by atoms with Crippen LogP contribution in [0.2, 0.25) is 0 Å². The first-order chi connectivity index (χ1) is 3.91. The van der Waals surface area contributed by atoms with E-state index in [-0.39, 0.29) is 0 Å². The molecule has 0 aliphatic heterocycles. The van der Waals surface area contributed by atoms with Gasteiger partial charge in [0.2, 0.25) is 0 Å². The summed E-state index contributed by atoms with van der Waals surface area (Å²) < 4.78 is 9.81. The molecule has 0 amide bonds. The quantitative estimate of drug-likeness (QED) is 0.419. The number of methoxy groups -OCH3 is 1. The molecule has 50 valence electrons. The fourth-order valence-corrected chi connectivity index (χ4v) is 0.953. The van der Waals surface area contributed by atoms with Crippen LogP contribution in [0.1, 0.15) is 0 Å². The Labute approximate surface area is 65.9 Å². The van der Waals surface area contributed by atoms with E-state index in [4.69, 9.17) is 9.47 Å². The Morgan fingerprint density at radius 2 is 2.25 bits per heavy atom. The average Bonchev–Trinajstić information content (AvgIpc) is 1.81. The van der Waals surface area contributed by atoms with E-state index in [2.05, 4.69) is 21.2 Å². The molecule has 0 rings (SSSR count). The molecule has 0 aromatic rings. The molecule has 0 fully saturated rings. The Hall–Kier alpha value is 1.00. The molecule has 0 aromatic heterocycles. The van der Waals surface area contributed by atoms with Crippen LogP contribution in [0.15, 0.2) is 0 Å². The maximum absolute atomic E-state index is 5.05. The average molecular weight is 248 g/mol. The third-order valence-electron chi connectivity index (χ3n) is 0.560. The van der Waals surface area contributed by atoms with E-state index < -0.39 is 0 Å². The molecule has 0 aliphatic rings. The van der Waals surface area contributed by atoms with Gasteiger partial charge in [0.05, 0.1) is 13.2 Å². The van der Waals surface area contributed by atoms with Crippen LogP contribution in [0.3, 0.4) is 0 Å². The molecule has 0 spiro atoms. The molecule has 0 atom stereocenters. The summed E-state index contributed by atoms with van der Waals surface area (Å²) in [6, 6.07) is 0. The van der Waals surface area contributed by atoms with Gasteiger partial charge in [0, 0.05) is 7.11 Å². The van der Waals surface area contributed by atoms with Gasteiger partial charge in [-0.15, -0.1) is 0 Å². The van der Waals surface area contributed by atoms with Gasteiger partial charge in [-0.05, 0) is 21.2 Å².